The molecule has 1 aliphatic rings. The molecule has 1 aromatic carbocycles. The highest BCUT2D eigenvalue weighted by atomic mass is 16.5. The van der Waals surface area contributed by atoms with Gasteiger partial charge in [-0.15, -0.1) is 0 Å². The van der Waals surface area contributed by atoms with Crippen LogP contribution in [0.4, 0.5) is 0 Å². The number of fused-ring (bicyclic) bond motifs is 1. The fourth-order valence-electron chi connectivity index (χ4n) is 3.44. The summed E-state index contributed by atoms with van der Waals surface area (Å²) in [4.78, 5) is 17.6. The number of H-pyrrole nitrogens is 1. The Morgan fingerprint density at radius 1 is 1.33 bits per heavy atom. The molecule has 1 fully saturated rings. The Kier molecular flexibility index (Phi) is 5.21. The van der Waals surface area contributed by atoms with Gasteiger partial charge in [-0.2, -0.15) is 0 Å². The maximum atomic E-state index is 12.3. The fraction of sp³-hybridized carbons (Fsp3) is 0.526. The molecular weight excluding hydrogens is 304 g/mol. The van der Waals surface area contributed by atoms with Crippen molar-refractivity contribution in [2.75, 3.05) is 19.7 Å². The molecule has 0 bridgehead atoms. The number of aliphatic hydroxyl groups is 1. The predicted octanol–water partition coefficient (Wildman–Crippen LogP) is 2.52. The van der Waals surface area contributed by atoms with Crippen LogP contribution in [-0.2, 0) is 6.54 Å². The molecule has 3 rings (SSSR count). The second-order valence-corrected chi connectivity index (χ2v) is 6.66. The minimum Gasteiger partial charge on any atom is -0.494 e. The van der Waals surface area contributed by atoms with Crippen molar-refractivity contribution in [3.8, 4) is 5.75 Å². The quantitative estimate of drug-likeness (QED) is 0.884. The first kappa shape index (κ1) is 17.0. The average molecular weight is 330 g/mol. The van der Waals surface area contributed by atoms with Crippen LogP contribution in [-0.4, -0.2) is 40.8 Å². The van der Waals surface area contributed by atoms with Gasteiger partial charge in [-0.3, -0.25) is 9.69 Å². The third-order valence-electron chi connectivity index (χ3n) is 4.91. The minimum atomic E-state index is -0.242. The number of pyridine rings is 1. The minimum absolute atomic E-state index is 0.0238. The lowest BCUT2D eigenvalue weighted by atomic mass is 9.92. The number of likely N-dealkylation sites (tertiary alicyclic amines) is 1. The summed E-state index contributed by atoms with van der Waals surface area (Å²) in [6.07, 6.45) is 1.73. The normalized spacial score (nSPS) is 18.0. The third kappa shape index (κ3) is 3.79. The van der Waals surface area contributed by atoms with Gasteiger partial charge < -0.3 is 14.8 Å². The lowest BCUT2D eigenvalue weighted by Crippen LogP contribution is -2.37. The predicted molar refractivity (Wildman–Crippen MR) is 95.4 cm³/mol. The van der Waals surface area contributed by atoms with Crippen LogP contribution in [0.2, 0.25) is 0 Å². The maximum absolute atomic E-state index is 12.3. The van der Waals surface area contributed by atoms with E-state index in [1.165, 1.54) is 0 Å². The maximum Gasteiger partial charge on any atom is 0.252 e. The van der Waals surface area contributed by atoms with Crippen LogP contribution < -0.4 is 10.3 Å². The van der Waals surface area contributed by atoms with Gasteiger partial charge in [0.15, 0.2) is 0 Å². The number of aromatic amines is 1. The number of hydrogen-bond donors (Lipinski definition) is 2. The molecule has 0 radical (unpaired) electrons. The molecule has 2 aromatic rings. The molecule has 0 amide bonds. The molecule has 2 N–H and O–H groups in total. The SMILES string of the molecule is CCOc1ccc2[nH]c(=O)c(CN3CCC([C@H](C)O)CC3)cc2c1. The van der Waals surface area contributed by atoms with Gasteiger partial charge in [0, 0.05) is 23.0 Å². The van der Waals surface area contributed by atoms with E-state index in [2.05, 4.69) is 9.88 Å². The zero-order valence-corrected chi connectivity index (χ0v) is 14.4. The summed E-state index contributed by atoms with van der Waals surface area (Å²) in [7, 11) is 0. The van der Waals surface area contributed by atoms with E-state index in [1.807, 2.05) is 38.1 Å². The molecule has 5 heteroatoms. The van der Waals surface area contributed by atoms with Gasteiger partial charge in [-0.25, -0.2) is 0 Å². The lowest BCUT2D eigenvalue weighted by molar-refractivity contribution is 0.0694. The average Bonchev–Trinajstić information content (AvgIpc) is 2.56. The van der Waals surface area contributed by atoms with Gasteiger partial charge in [-0.1, -0.05) is 0 Å². The lowest BCUT2D eigenvalue weighted by Gasteiger charge is -2.33. The Labute approximate surface area is 142 Å². The van der Waals surface area contributed by atoms with E-state index in [0.717, 1.165) is 48.1 Å². The van der Waals surface area contributed by atoms with E-state index in [4.69, 9.17) is 4.74 Å². The summed E-state index contributed by atoms with van der Waals surface area (Å²) >= 11 is 0. The number of ether oxygens (including phenoxy) is 1. The first-order valence-corrected chi connectivity index (χ1v) is 8.76. The molecule has 1 aliphatic heterocycles. The Bertz CT molecular complexity index is 746. The molecule has 2 heterocycles. The fourth-order valence-corrected chi connectivity index (χ4v) is 3.44. The highest BCUT2D eigenvalue weighted by Gasteiger charge is 2.23. The first-order valence-electron chi connectivity index (χ1n) is 8.76. The summed E-state index contributed by atoms with van der Waals surface area (Å²) in [5.74, 6) is 1.20. The number of nitrogens with zero attached hydrogens (tertiary/aromatic N) is 1. The summed E-state index contributed by atoms with van der Waals surface area (Å²) in [6, 6.07) is 7.71. The number of hydrogen-bond acceptors (Lipinski definition) is 4. The van der Waals surface area contributed by atoms with Crippen LogP contribution in [0, 0.1) is 5.92 Å². The van der Waals surface area contributed by atoms with Gasteiger partial charge in [0.1, 0.15) is 5.75 Å². The number of nitrogens with one attached hydrogen (secondary N) is 1. The summed E-state index contributed by atoms with van der Waals surface area (Å²) in [6.45, 7) is 6.94. The van der Waals surface area contributed by atoms with Crippen LogP contribution >= 0.6 is 0 Å². The van der Waals surface area contributed by atoms with E-state index >= 15 is 0 Å². The van der Waals surface area contributed by atoms with Crippen molar-refractivity contribution in [2.45, 2.75) is 39.3 Å². The number of rotatable bonds is 5. The van der Waals surface area contributed by atoms with Crippen molar-refractivity contribution in [1.29, 1.82) is 0 Å². The number of aliphatic hydroxyl groups excluding tert-OH is 1. The van der Waals surface area contributed by atoms with Crippen LogP contribution in [0.15, 0.2) is 29.1 Å². The number of aromatic nitrogens is 1. The van der Waals surface area contributed by atoms with E-state index in [-0.39, 0.29) is 11.7 Å². The monoisotopic (exact) mass is 330 g/mol. The van der Waals surface area contributed by atoms with E-state index in [1.54, 1.807) is 0 Å². The van der Waals surface area contributed by atoms with Crippen molar-refractivity contribution in [2.24, 2.45) is 5.92 Å². The van der Waals surface area contributed by atoms with Crippen LogP contribution in [0.3, 0.4) is 0 Å². The standard InChI is InChI=1S/C19H26N2O3/c1-3-24-17-4-5-18-15(11-17)10-16(19(23)20-18)12-21-8-6-14(7-9-21)13(2)22/h4-5,10-11,13-14,22H,3,6-9,12H2,1-2H3,(H,20,23)/t13-/m0/s1. The van der Waals surface area contributed by atoms with E-state index in [9.17, 15) is 9.90 Å². The summed E-state index contributed by atoms with van der Waals surface area (Å²) in [5, 5.41) is 10.7. The van der Waals surface area contributed by atoms with Crippen LogP contribution in [0.5, 0.6) is 5.75 Å². The number of piperidine rings is 1. The summed E-state index contributed by atoms with van der Waals surface area (Å²) < 4.78 is 5.54. The van der Waals surface area contributed by atoms with Gasteiger partial charge >= 0.3 is 0 Å². The van der Waals surface area contributed by atoms with Crippen molar-refractivity contribution in [3.63, 3.8) is 0 Å². The molecule has 0 unspecified atom stereocenters. The Morgan fingerprint density at radius 2 is 2.08 bits per heavy atom. The highest BCUT2D eigenvalue weighted by Crippen LogP contribution is 2.23. The molecule has 24 heavy (non-hydrogen) atoms. The second kappa shape index (κ2) is 7.36. The topological polar surface area (TPSA) is 65.6 Å². The Morgan fingerprint density at radius 3 is 2.75 bits per heavy atom. The largest absolute Gasteiger partial charge is 0.494 e. The zero-order valence-electron chi connectivity index (χ0n) is 14.4. The van der Waals surface area contributed by atoms with Crippen LogP contribution in [0.25, 0.3) is 10.9 Å². The van der Waals surface area contributed by atoms with Gasteiger partial charge in [0.05, 0.1) is 12.7 Å². The Balaban J connectivity index is 1.76. The van der Waals surface area contributed by atoms with Gasteiger partial charge in [0.25, 0.3) is 5.56 Å². The van der Waals surface area contributed by atoms with Crippen molar-refractivity contribution >= 4 is 10.9 Å². The molecular formula is C19H26N2O3. The molecule has 130 valence electrons. The van der Waals surface area contributed by atoms with Gasteiger partial charge in [-0.05, 0) is 70.0 Å². The number of benzene rings is 1. The van der Waals surface area contributed by atoms with Crippen molar-refractivity contribution < 1.29 is 9.84 Å². The first-order chi connectivity index (χ1) is 11.6. The van der Waals surface area contributed by atoms with Crippen molar-refractivity contribution in [3.05, 3.63) is 40.2 Å². The van der Waals surface area contributed by atoms with Crippen LogP contribution in [0.1, 0.15) is 32.3 Å². The van der Waals surface area contributed by atoms with Crippen molar-refractivity contribution in [1.82, 2.24) is 9.88 Å². The smallest absolute Gasteiger partial charge is 0.252 e. The third-order valence-corrected chi connectivity index (χ3v) is 4.91. The molecule has 0 saturated carbocycles. The molecule has 5 nitrogen and oxygen atoms in total. The zero-order chi connectivity index (χ0) is 17.1. The van der Waals surface area contributed by atoms with Gasteiger partial charge in [0.2, 0.25) is 0 Å². The molecule has 0 aliphatic carbocycles. The Hall–Kier alpha value is -1.85. The molecule has 1 atom stereocenters. The molecule has 1 saturated heterocycles. The second-order valence-electron chi connectivity index (χ2n) is 6.66. The summed E-state index contributed by atoms with van der Waals surface area (Å²) in [5.41, 5.74) is 1.59. The van der Waals surface area contributed by atoms with E-state index < -0.39 is 0 Å². The van der Waals surface area contributed by atoms with E-state index in [0.29, 0.717) is 19.1 Å². The highest BCUT2D eigenvalue weighted by molar-refractivity contribution is 5.80. The molecule has 0 spiro atoms. The molecule has 1 aromatic heterocycles.